The normalized spacial score (nSPS) is 12.2. The van der Waals surface area contributed by atoms with Crippen LogP contribution in [0.5, 0.6) is 0 Å². The van der Waals surface area contributed by atoms with Crippen molar-refractivity contribution in [1.82, 2.24) is 5.32 Å². The molecule has 2 N–H and O–H groups in total. The predicted octanol–water partition coefficient (Wildman–Crippen LogP) is 2.61. The number of nitrogens with zero attached hydrogens (tertiary/aromatic N) is 1. The van der Waals surface area contributed by atoms with E-state index in [4.69, 9.17) is 16.7 Å². The van der Waals surface area contributed by atoms with E-state index in [0.29, 0.717) is 13.1 Å². The molecule has 3 nitrogen and oxygen atoms in total. The summed E-state index contributed by atoms with van der Waals surface area (Å²) in [6.07, 6.45) is 1.81. The predicted molar refractivity (Wildman–Crippen MR) is 78.4 cm³/mol. The summed E-state index contributed by atoms with van der Waals surface area (Å²) in [7, 11) is 1.91. The van der Waals surface area contributed by atoms with Crippen LogP contribution < -0.4 is 10.2 Å². The highest BCUT2D eigenvalue weighted by Gasteiger charge is 2.10. The van der Waals surface area contributed by atoms with Gasteiger partial charge in [-0.1, -0.05) is 23.7 Å². The molecule has 0 saturated heterocycles. The number of rotatable bonds is 7. The van der Waals surface area contributed by atoms with E-state index in [1.54, 1.807) is 0 Å². The fourth-order valence-electron chi connectivity index (χ4n) is 1.82. The first-order chi connectivity index (χ1) is 8.63. The van der Waals surface area contributed by atoms with E-state index in [2.05, 4.69) is 18.8 Å². The molecule has 18 heavy (non-hydrogen) atoms. The van der Waals surface area contributed by atoms with Gasteiger partial charge in [-0.2, -0.15) is 0 Å². The molecule has 0 spiro atoms. The molecule has 0 heterocycles. The molecule has 1 unspecified atom stereocenters. The van der Waals surface area contributed by atoms with Crippen molar-refractivity contribution in [1.29, 1.82) is 0 Å². The van der Waals surface area contributed by atoms with Crippen molar-refractivity contribution in [2.75, 3.05) is 31.6 Å². The molecule has 1 aromatic carbocycles. The number of anilines is 1. The lowest BCUT2D eigenvalue weighted by Crippen LogP contribution is -2.26. The van der Waals surface area contributed by atoms with E-state index in [9.17, 15) is 0 Å². The van der Waals surface area contributed by atoms with Gasteiger partial charge in [0.1, 0.15) is 0 Å². The van der Waals surface area contributed by atoms with Crippen LogP contribution in [0, 0.1) is 0 Å². The summed E-state index contributed by atoms with van der Waals surface area (Å²) in [5, 5.41) is 13.0. The van der Waals surface area contributed by atoms with Gasteiger partial charge >= 0.3 is 0 Å². The second kappa shape index (κ2) is 7.41. The van der Waals surface area contributed by atoms with Crippen LogP contribution in [0.15, 0.2) is 30.9 Å². The molecule has 0 radical (unpaired) electrons. The molecule has 0 fully saturated rings. The highest BCUT2D eigenvalue weighted by atomic mass is 35.5. The number of hydrogen-bond acceptors (Lipinski definition) is 3. The van der Waals surface area contributed by atoms with Crippen molar-refractivity contribution in [3.8, 4) is 0 Å². The first-order valence-electron chi connectivity index (χ1n) is 6.07. The molecule has 4 heteroatoms. The zero-order chi connectivity index (χ0) is 13.5. The van der Waals surface area contributed by atoms with Crippen LogP contribution in [0.25, 0.3) is 0 Å². The summed E-state index contributed by atoms with van der Waals surface area (Å²) in [5.41, 5.74) is 2.08. The largest absolute Gasteiger partial charge is 0.395 e. The molecule has 0 aliphatic carbocycles. The topological polar surface area (TPSA) is 35.5 Å². The minimum absolute atomic E-state index is 0.111. The number of halogens is 1. The molecule has 100 valence electrons. The second-order valence-electron chi connectivity index (χ2n) is 4.17. The van der Waals surface area contributed by atoms with Gasteiger partial charge in [0.25, 0.3) is 0 Å². The summed E-state index contributed by atoms with van der Waals surface area (Å²) in [6.45, 7) is 7.17. The van der Waals surface area contributed by atoms with Crippen LogP contribution in [-0.2, 0) is 0 Å². The van der Waals surface area contributed by atoms with Crippen molar-refractivity contribution >= 4 is 17.3 Å². The maximum absolute atomic E-state index is 9.06. The van der Waals surface area contributed by atoms with Gasteiger partial charge in [0, 0.05) is 29.8 Å². The Morgan fingerprint density at radius 3 is 2.78 bits per heavy atom. The lowest BCUT2D eigenvalue weighted by Gasteiger charge is -2.23. The number of hydrogen-bond donors (Lipinski definition) is 2. The summed E-state index contributed by atoms with van der Waals surface area (Å²) >= 11 is 6.29. The van der Waals surface area contributed by atoms with Crippen molar-refractivity contribution in [3.05, 3.63) is 41.4 Å². The van der Waals surface area contributed by atoms with Crippen molar-refractivity contribution in [3.63, 3.8) is 0 Å². The van der Waals surface area contributed by atoms with Gasteiger partial charge in [-0.15, -0.1) is 6.58 Å². The fourth-order valence-corrected chi connectivity index (χ4v) is 2.16. The zero-order valence-electron chi connectivity index (χ0n) is 11.0. The summed E-state index contributed by atoms with van der Waals surface area (Å²) < 4.78 is 0. The van der Waals surface area contributed by atoms with E-state index in [1.165, 1.54) is 0 Å². The van der Waals surface area contributed by atoms with Crippen LogP contribution >= 0.6 is 11.6 Å². The minimum atomic E-state index is 0.111. The van der Waals surface area contributed by atoms with Gasteiger partial charge in [0.15, 0.2) is 0 Å². The van der Waals surface area contributed by atoms with Crippen LogP contribution in [0.2, 0.25) is 5.02 Å². The van der Waals surface area contributed by atoms with Crippen LogP contribution in [0.1, 0.15) is 18.5 Å². The SMILES string of the molecule is C=CCN(CCO)c1ccc(C(C)NC)c(Cl)c1. The molecule has 0 bridgehead atoms. The van der Waals surface area contributed by atoms with Gasteiger partial charge in [0.05, 0.1) is 6.61 Å². The number of aliphatic hydroxyl groups excluding tert-OH is 1. The highest BCUT2D eigenvalue weighted by molar-refractivity contribution is 6.31. The van der Waals surface area contributed by atoms with Crippen LogP contribution in [-0.4, -0.2) is 31.9 Å². The van der Waals surface area contributed by atoms with Gasteiger partial charge in [-0.3, -0.25) is 0 Å². The lowest BCUT2D eigenvalue weighted by molar-refractivity contribution is 0.303. The molecule has 0 amide bonds. The zero-order valence-corrected chi connectivity index (χ0v) is 11.7. The third-order valence-electron chi connectivity index (χ3n) is 2.97. The number of benzene rings is 1. The standard InChI is InChI=1S/C14H21ClN2O/c1-4-7-17(8-9-18)12-5-6-13(11(2)16-3)14(15)10-12/h4-6,10-11,16,18H,1,7-9H2,2-3H3. The van der Waals surface area contributed by atoms with Gasteiger partial charge in [-0.05, 0) is 31.7 Å². The molecule has 0 aliphatic heterocycles. The highest BCUT2D eigenvalue weighted by Crippen LogP contribution is 2.27. The summed E-state index contributed by atoms with van der Waals surface area (Å²) in [6, 6.07) is 6.20. The molecule has 0 saturated carbocycles. The Morgan fingerprint density at radius 2 is 2.28 bits per heavy atom. The fraction of sp³-hybridized carbons (Fsp3) is 0.429. The second-order valence-corrected chi connectivity index (χ2v) is 4.58. The Labute approximate surface area is 114 Å². The average molecular weight is 269 g/mol. The maximum Gasteiger partial charge on any atom is 0.0606 e. The third kappa shape index (κ3) is 3.73. The first-order valence-corrected chi connectivity index (χ1v) is 6.45. The van der Waals surface area contributed by atoms with Gasteiger partial charge < -0.3 is 15.3 Å². The lowest BCUT2D eigenvalue weighted by atomic mass is 10.1. The van der Waals surface area contributed by atoms with E-state index in [1.807, 2.05) is 36.2 Å². The average Bonchev–Trinajstić information content (AvgIpc) is 2.37. The molecule has 0 aromatic heterocycles. The molecule has 0 aliphatic rings. The molecule has 1 rings (SSSR count). The van der Waals surface area contributed by atoms with Crippen molar-refractivity contribution < 1.29 is 5.11 Å². The minimum Gasteiger partial charge on any atom is -0.395 e. The maximum atomic E-state index is 9.06. The van der Waals surface area contributed by atoms with Crippen LogP contribution in [0.4, 0.5) is 5.69 Å². The van der Waals surface area contributed by atoms with Crippen molar-refractivity contribution in [2.45, 2.75) is 13.0 Å². The number of aliphatic hydroxyl groups is 1. The van der Waals surface area contributed by atoms with E-state index < -0.39 is 0 Å². The smallest absolute Gasteiger partial charge is 0.0606 e. The molecular weight excluding hydrogens is 248 g/mol. The van der Waals surface area contributed by atoms with Crippen molar-refractivity contribution in [2.24, 2.45) is 0 Å². The van der Waals surface area contributed by atoms with Gasteiger partial charge in [0.2, 0.25) is 0 Å². The van der Waals surface area contributed by atoms with E-state index >= 15 is 0 Å². The van der Waals surface area contributed by atoms with Crippen LogP contribution in [0.3, 0.4) is 0 Å². The molecule has 1 atom stereocenters. The summed E-state index contributed by atoms with van der Waals surface area (Å²) in [5.74, 6) is 0. The molecule has 1 aromatic rings. The Kier molecular flexibility index (Phi) is 6.19. The monoisotopic (exact) mass is 268 g/mol. The Morgan fingerprint density at radius 1 is 1.56 bits per heavy atom. The van der Waals surface area contributed by atoms with Gasteiger partial charge in [-0.25, -0.2) is 0 Å². The number of nitrogens with one attached hydrogen (secondary N) is 1. The quantitative estimate of drug-likeness (QED) is 0.746. The first kappa shape index (κ1) is 15.0. The summed E-state index contributed by atoms with van der Waals surface area (Å²) in [4.78, 5) is 2.03. The van der Waals surface area contributed by atoms with E-state index in [-0.39, 0.29) is 12.6 Å². The Balaban J connectivity index is 2.97. The van der Waals surface area contributed by atoms with E-state index in [0.717, 1.165) is 16.3 Å². The Bertz CT molecular complexity index is 395. The Hall–Kier alpha value is -1.03. The third-order valence-corrected chi connectivity index (χ3v) is 3.30. The molecular formula is C14H21ClN2O.